The lowest BCUT2D eigenvalue weighted by molar-refractivity contribution is -0.0555. The molecule has 1 rings (SSSR count). The normalized spacial score (nSPS) is 24.3. The van der Waals surface area contributed by atoms with E-state index in [2.05, 4.69) is 6.92 Å². The van der Waals surface area contributed by atoms with E-state index in [0.717, 1.165) is 6.61 Å². The van der Waals surface area contributed by atoms with Crippen molar-refractivity contribution >= 4 is 0 Å². The highest BCUT2D eigenvalue weighted by atomic mass is 16.5. The second-order valence-corrected chi connectivity index (χ2v) is 3.13. The van der Waals surface area contributed by atoms with Crippen molar-refractivity contribution in [2.24, 2.45) is 0 Å². The highest BCUT2D eigenvalue weighted by molar-refractivity contribution is 4.65. The lowest BCUT2D eigenvalue weighted by atomic mass is 10.0. The van der Waals surface area contributed by atoms with Gasteiger partial charge in [0, 0.05) is 6.61 Å². The van der Waals surface area contributed by atoms with Gasteiger partial charge in [-0.05, 0) is 12.8 Å². The zero-order chi connectivity index (χ0) is 7.23. The van der Waals surface area contributed by atoms with Gasteiger partial charge in [-0.2, -0.15) is 0 Å². The maximum Gasteiger partial charge on any atom is 0.0597 e. The van der Waals surface area contributed by atoms with Crippen LogP contribution in [0, 0.1) is 0 Å². The first-order chi connectivity index (χ1) is 4.93. The number of hydrogen-bond acceptors (Lipinski definition) is 1. The predicted octanol–water partition coefficient (Wildman–Crippen LogP) is 2.75. The van der Waals surface area contributed by atoms with E-state index in [-0.39, 0.29) is 0 Å². The van der Waals surface area contributed by atoms with E-state index in [1.165, 1.54) is 38.5 Å². The maximum absolute atomic E-state index is 5.31. The Bertz CT molecular complexity index is 76.8. The maximum atomic E-state index is 5.31. The van der Waals surface area contributed by atoms with Crippen LogP contribution in [0.25, 0.3) is 0 Å². The average molecular weight is 142 g/mol. The van der Waals surface area contributed by atoms with Crippen LogP contribution >= 0.6 is 0 Å². The van der Waals surface area contributed by atoms with E-state index in [0.29, 0.717) is 6.10 Å². The molecule has 10 heavy (non-hydrogen) atoms. The van der Waals surface area contributed by atoms with Gasteiger partial charge in [0.05, 0.1) is 6.10 Å². The molecule has 0 N–H and O–H groups in total. The van der Waals surface area contributed by atoms with Crippen LogP contribution in [0.15, 0.2) is 0 Å². The van der Waals surface area contributed by atoms with Crippen LogP contribution in [0.2, 0.25) is 0 Å². The Morgan fingerprint density at radius 3 is 2.60 bits per heavy atom. The first-order valence-corrected chi connectivity index (χ1v) is 4.55. The fraction of sp³-hybridized carbons (Fsp3) is 1.00. The molecule has 1 nitrogen and oxygen atoms in total. The summed E-state index contributed by atoms with van der Waals surface area (Å²) in [7, 11) is 0. The molecule has 0 radical (unpaired) electrons. The molecule has 1 aliphatic rings. The summed E-state index contributed by atoms with van der Waals surface area (Å²) in [6.45, 7) is 3.26. The number of unbranched alkanes of at least 4 members (excludes halogenated alkanes) is 3. The summed E-state index contributed by atoms with van der Waals surface area (Å²) in [5.74, 6) is 0. The van der Waals surface area contributed by atoms with E-state index in [4.69, 9.17) is 4.74 Å². The van der Waals surface area contributed by atoms with Crippen LogP contribution in [-0.2, 0) is 4.74 Å². The molecule has 1 atom stereocenters. The molecule has 0 aliphatic carbocycles. The van der Waals surface area contributed by atoms with Crippen molar-refractivity contribution in [2.45, 2.75) is 51.6 Å². The number of ether oxygens (including phenoxy) is 1. The SMILES string of the molecule is CCCCCC[C@@H]1CCO1. The monoisotopic (exact) mass is 142 g/mol. The Morgan fingerprint density at radius 1 is 1.30 bits per heavy atom. The number of rotatable bonds is 5. The summed E-state index contributed by atoms with van der Waals surface area (Å²) in [4.78, 5) is 0. The van der Waals surface area contributed by atoms with Gasteiger partial charge in [-0.1, -0.05) is 32.6 Å². The third kappa shape index (κ3) is 2.70. The Balaban J connectivity index is 1.76. The molecule has 0 aromatic rings. The molecule has 1 saturated heterocycles. The Hall–Kier alpha value is -0.0400. The summed E-state index contributed by atoms with van der Waals surface area (Å²) in [5.41, 5.74) is 0. The molecule has 0 bridgehead atoms. The zero-order valence-corrected chi connectivity index (χ0v) is 6.94. The Kier molecular flexibility index (Phi) is 3.81. The summed E-state index contributed by atoms with van der Waals surface area (Å²) < 4.78 is 5.31. The van der Waals surface area contributed by atoms with E-state index < -0.39 is 0 Å². The van der Waals surface area contributed by atoms with Crippen LogP contribution < -0.4 is 0 Å². The molecule has 1 heteroatoms. The fourth-order valence-corrected chi connectivity index (χ4v) is 1.31. The van der Waals surface area contributed by atoms with Crippen molar-refractivity contribution in [1.82, 2.24) is 0 Å². The minimum absolute atomic E-state index is 0.636. The minimum atomic E-state index is 0.636. The molecule has 1 fully saturated rings. The fourth-order valence-electron chi connectivity index (χ4n) is 1.31. The first kappa shape index (κ1) is 8.06. The lowest BCUT2D eigenvalue weighted by Crippen LogP contribution is -2.26. The van der Waals surface area contributed by atoms with Gasteiger partial charge in [-0.25, -0.2) is 0 Å². The molecule has 0 aromatic carbocycles. The summed E-state index contributed by atoms with van der Waals surface area (Å²) in [6.07, 6.45) is 8.76. The van der Waals surface area contributed by atoms with Crippen LogP contribution in [0.5, 0.6) is 0 Å². The summed E-state index contributed by atoms with van der Waals surface area (Å²) in [6, 6.07) is 0. The second kappa shape index (κ2) is 4.73. The average Bonchev–Trinajstić information content (AvgIpc) is 1.84. The van der Waals surface area contributed by atoms with Crippen molar-refractivity contribution in [3.8, 4) is 0 Å². The van der Waals surface area contributed by atoms with Crippen molar-refractivity contribution in [3.05, 3.63) is 0 Å². The van der Waals surface area contributed by atoms with Gasteiger partial charge in [0.2, 0.25) is 0 Å². The summed E-state index contributed by atoms with van der Waals surface area (Å²) >= 11 is 0. The predicted molar refractivity (Wildman–Crippen MR) is 43.1 cm³/mol. The van der Waals surface area contributed by atoms with Crippen LogP contribution in [0.4, 0.5) is 0 Å². The molecule has 1 heterocycles. The van der Waals surface area contributed by atoms with Gasteiger partial charge in [0.15, 0.2) is 0 Å². The van der Waals surface area contributed by atoms with Crippen LogP contribution in [-0.4, -0.2) is 12.7 Å². The summed E-state index contributed by atoms with van der Waals surface area (Å²) in [5, 5.41) is 0. The van der Waals surface area contributed by atoms with E-state index in [1.807, 2.05) is 0 Å². The standard InChI is InChI=1S/C9H18O/c1-2-3-4-5-6-9-7-8-10-9/h9H,2-8H2,1H3/t9-/m1/s1. The molecule has 0 aromatic heterocycles. The molecule has 1 aliphatic heterocycles. The minimum Gasteiger partial charge on any atom is -0.378 e. The van der Waals surface area contributed by atoms with Crippen molar-refractivity contribution in [1.29, 1.82) is 0 Å². The number of hydrogen-bond donors (Lipinski definition) is 0. The smallest absolute Gasteiger partial charge is 0.0597 e. The van der Waals surface area contributed by atoms with Crippen molar-refractivity contribution in [2.75, 3.05) is 6.61 Å². The third-order valence-electron chi connectivity index (χ3n) is 2.17. The van der Waals surface area contributed by atoms with E-state index >= 15 is 0 Å². The Labute approximate surface area is 63.8 Å². The van der Waals surface area contributed by atoms with Crippen LogP contribution in [0.1, 0.15) is 45.4 Å². The first-order valence-electron chi connectivity index (χ1n) is 4.55. The highest BCUT2D eigenvalue weighted by Crippen LogP contribution is 2.17. The molecule has 0 spiro atoms. The van der Waals surface area contributed by atoms with Gasteiger partial charge in [0.1, 0.15) is 0 Å². The molecule has 0 amide bonds. The molecule has 60 valence electrons. The van der Waals surface area contributed by atoms with Crippen molar-refractivity contribution in [3.63, 3.8) is 0 Å². The molecule has 0 unspecified atom stereocenters. The molecular formula is C9H18O. The topological polar surface area (TPSA) is 9.23 Å². The quantitative estimate of drug-likeness (QED) is 0.536. The van der Waals surface area contributed by atoms with Crippen molar-refractivity contribution < 1.29 is 4.74 Å². The highest BCUT2D eigenvalue weighted by Gasteiger charge is 2.16. The zero-order valence-electron chi connectivity index (χ0n) is 6.94. The van der Waals surface area contributed by atoms with E-state index in [1.54, 1.807) is 0 Å². The Morgan fingerprint density at radius 2 is 2.10 bits per heavy atom. The second-order valence-electron chi connectivity index (χ2n) is 3.13. The van der Waals surface area contributed by atoms with Gasteiger partial charge >= 0.3 is 0 Å². The van der Waals surface area contributed by atoms with Gasteiger partial charge in [-0.15, -0.1) is 0 Å². The van der Waals surface area contributed by atoms with Gasteiger partial charge < -0.3 is 4.74 Å². The molecular weight excluding hydrogens is 124 g/mol. The third-order valence-corrected chi connectivity index (χ3v) is 2.17. The van der Waals surface area contributed by atoms with Crippen LogP contribution in [0.3, 0.4) is 0 Å². The largest absolute Gasteiger partial charge is 0.378 e. The van der Waals surface area contributed by atoms with E-state index in [9.17, 15) is 0 Å². The van der Waals surface area contributed by atoms with Gasteiger partial charge in [-0.3, -0.25) is 0 Å². The molecule has 0 saturated carbocycles. The van der Waals surface area contributed by atoms with Gasteiger partial charge in [0.25, 0.3) is 0 Å². The lowest BCUT2D eigenvalue weighted by Gasteiger charge is -2.26.